The summed E-state index contributed by atoms with van der Waals surface area (Å²) < 4.78 is 2.03. The van der Waals surface area contributed by atoms with E-state index in [1.165, 1.54) is 10.8 Å². The van der Waals surface area contributed by atoms with Gasteiger partial charge in [-0.1, -0.05) is 32.0 Å². The highest BCUT2D eigenvalue weighted by Gasteiger charge is 2.16. The molecule has 0 saturated carbocycles. The van der Waals surface area contributed by atoms with Crippen LogP contribution < -0.4 is 16.6 Å². The Morgan fingerprint density at radius 1 is 1.31 bits per heavy atom. The molecule has 0 fully saturated rings. The molecule has 2 aromatic rings. The predicted molar refractivity (Wildman–Crippen MR) is 99.2 cm³/mol. The lowest BCUT2D eigenvalue weighted by Crippen LogP contribution is -2.43. The van der Waals surface area contributed by atoms with Gasteiger partial charge in [0.2, 0.25) is 5.91 Å². The Balaban J connectivity index is 2.40. The summed E-state index contributed by atoms with van der Waals surface area (Å²) >= 11 is 0. The average Bonchev–Trinajstić information content (AvgIpc) is 2.60. The summed E-state index contributed by atoms with van der Waals surface area (Å²) in [6, 6.07) is 7.50. The van der Waals surface area contributed by atoms with Crippen LogP contribution >= 0.6 is 0 Å². The van der Waals surface area contributed by atoms with Crippen LogP contribution in [0.25, 0.3) is 0 Å². The first-order chi connectivity index (χ1) is 12.3. The summed E-state index contributed by atoms with van der Waals surface area (Å²) in [6.45, 7) is 7.49. The zero-order valence-electron chi connectivity index (χ0n) is 15.4. The molecule has 0 bridgehead atoms. The second-order valence-electron chi connectivity index (χ2n) is 6.36. The van der Waals surface area contributed by atoms with Crippen LogP contribution in [0, 0.1) is 18.3 Å². The van der Waals surface area contributed by atoms with Gasteiger partial charge in [0.05, 0.1) is 0 Å². The molecule has 1 amide bonds. The fourth-order valence-electron chi connectivity index (χ4n) is 2.76. The van der Waals surface area contributed by atoms with Gasteiger partial charge in [-0.3, -0.25) is 14.2 Å². The molecule has 7 nitrogen and oxygen atoms in total. The molecule has 26 heavy (non-hydrogen) atoms. The van der Waals surface area contributed by atoms with Gasteiger partial charge in [-0.2, -0.15) is 5.26 Å². The van der Waals surface area contributed by atoms with Gasteiger partial charge in [0.15, 0.2) is 0 Å². The Morgan fingerprint density at radius 2 is 2.00 bits per heavy atom. The number of nitrogens with one attached hydrogen (secondary N) is 1. The van der Waals surface area contributed by atoms with Crippen molar-refractivity contribution in [1.29, 1.82) is 5.26 Å². The van der Waals surface area contributed by atoms with Crippen molar-refractivity contribution in [3.05, 3.63) is 61.9 Å². The third-order valence-corrected chi connectivity index (χ3v) is 4.19. The highest BCUT2D eigenvalue weighted by atomic mass is 16.2. The first-order valence-electron chi connectivity index (χ1n) is 8.43. The molecule has 0 saturated heterocycles. The standard InChI is InChI=1S/C19H22N4O3/c1-5-22-10-14(9-20)18(25)23(19(22)26)11-16(24)21-17-13(4)7-6-8-15(17)12(2)3/h6-8,10,12H,5,11H2,1-4H3,(H,21,24). The minimum Gasteiger partial charge on any atom is -0.324 e. The van der Waals surface area contributed by atoms with E-state index in [-0.39, 0.29) is 11.5 Å². The van der Waals surface area contributed by atoms with Gasteiger partial charge in [-0.15, -0.1) is 0 Å². The summed E-state index contributed by atoms with van der Waals surface area (Å²) in [5.41, 5.74) is 1.02. The number of aryl methyl sites for hydroxylation is 2. The Kier molecular flexibility index (Phi) is 5.78. The van der Waals surface area contributed by atoms with Crippen LogP contribution in [0.5, 0.6) is 0 Å². The van der Waals surface area contributed by atoms with E-state index in [0.29, 0.717) is 12.2 Å². The average molecular weight is 354 g/mol. The lowest BCUT2D eigenvalue weighted by atomic mass is 9.98. The van der Waals surface area contributed by atoms with E-state index in [0.717, 1.165) is 15.7 Å². The van der Waals surface area contributed by atoms with E-state index < -0.39 is 23.7 Å². The summed E-state index contributed by atoms with van der Waals surface area (Å²) in [5, 5.41) is 11.9. The van der Waals surface area contributed by atoms with Crippen LogP contribution in [-0.2, 0) is 17.9 Å². The zero-order valence-corrected chi connectivity index (χ0v) is 15.4. The number of rotatable bonds is 5. The normalized spacial score (nSPS) is 10.6. The lowest BCUT2D eigenvalue weighted by Gasteiger charge is -2.17. The molecule has 1 heterocycles. The second kappa shape index (κ2) is 7.83. The van der Waals surface area contributed by atoms with Gasteiger partial charge in [-0.25, -0.2) is 9.36 Å². The molecule has 0 radical (unpaired) electrons. The van der Waals surface area contributed by atoms with Gasteiger partial charge >= 0.3 is 5.69 Å². The zero-order chi connectivity index (χ0) is 19.4. The largest absolute Gasteiger partial charge is 0.331 e. The van der Waals surface area contributed by atoms with Crippen molar-refractivity contribution >= 4 is 11.6 Å². The van der Waals surface area contributed by atoms with E-state index >= 15 is 0 Å². The van der Waals surface area contributed by atoms with E-state index in [1.54, 1.807) is 13.0 Å². The van der Waals surface area contributed by atoms with Crippen molar-refractivity contribution < 1.29 is 4.79 Å². The van der Waals surface area contributed by atoms with Crippen LogP contribution in [0.3, 0.4) is 0 Å². The monoisotopic (exact) mass is 354 g/mol. The Hall–Kier alpha value is -3.14. The number of aromatic nitrogens is 2. The topological polar surface area (TPSA) is 96.9 Å². The van der Waals surface area contributed by atoms with E-state index in [2.05, 4.69) is 5.32 Å². The highest BCUT2D eigenvalue weighted by Crippen LogP contribution is 2.27. The van der Waals surface area contributed by atoms with Gasteiger partial charge in [0.25, 0.3) is 5.56 Å². The number of hydrogen-bond donors (Lipinski definition) is 1. The van der Waals surface area contributed by atoms with Gasteiger partial charge in [-0.05, 0) is 30.9 Å². The fraction of sp³-hybridized carbons (Fsp3) is 0.368. The molecule has 0 spiro atoms. The molecule has 7 heteroatoms. The van der Waals surface area contributed by atoms with Crippen LogP contribution in [0.2, 0.25) is 0 Å². The fourth-order valence-corrected chi connectivity index (χ4v) is 2.76. The van der Waals surface area contributed by atoms with E-state index in [9.17, 15) is 14.4 Å². The van der Waals surface area contributed by atoms with Gasteiger partial charge in [0, 0.05) is 18.4 Å². The predicted octanol–water partition coefficient (Wildman–Crippen LogP) is 1.97. The minimum absolute atomic E-state index is 0.169. The maximum Gasteiger partial charge on any atom is 0.331 e. The third kappa shape index (κ3) is 3.75. The molecule has 1 aromatic heterocycles. The number of benzene rings is 1. The number of carbonyl (C=O) groups excluding carboxylic acids is 1. The number of nitrogens with zero attached hydrogens (tertiary/aromatic N) is 3. The first kappa shape index (κ1) is 19.2. The number of nitriles is 1. The van der Waals surface area contributed by atoms with Crippen LogP contribution in [0.15, 0.2) is 34.0 Å². The van der Waals surface area contributed by atoms with Crippen molar-refractivity contribution in [2.45, 2.75) is 46.7 Å². The van der Waals surface area contributed by atoms with Crippen molar-refractivity contribution in [1.82, 2.24) is 9.13 Å². The van der Waals surface area contributed by atoms with Crippen molar-refractivity contribution in [2.24, 2.45) is 0 Å². The molecule has 0 unspecified atom stereocenters. The van der Waals surface area contributed by atoms with Crippen LogP contribution in [0.4, 0.5) is 5.69 Å². The number of anilines is 1. The molecule has 136 valence electrons. The molecule has 0 aliphatic carbocycles. The third-order valence-electron chi connectivity index (χ3n) is 4.19. The summed E-state index contributed by atoms with van der Waals surface area (Å²) in [4.78, 5) is 37.1. The van der Waals surface area contributed by atoms with Crippen molar-refractivity contribution in [3.8, 4) is 6.07 Å². The van der Waals surface area contributed by atoms with E-state index in [1.807, 2.05) is 39.0 Å². The molecule has 0 aliphatic heterocycles. The summed E-state index contributed by atoms with van der Waals surface area (Å²) in [7, 11) is 0. The SMILES string of the molecule is CCn1cc(C#N)c(=O)n(CC(=O)Nc2c(C)cccc2C(C)C)c1=O. The smallest absolute Gasteiger partial charge is 0.324 e. The molecule has 1 N–H and O–H groups in total. The maximum absolute atomic E-state index is 12.5. The molecule has 0 atom stereocenters. The second-order valence-corrected chi connectivity index (χ2v) is 6.36. The quantitative estimate of drug-likeness (QED) is 0.888. The summed E-state index contributed by atoms with van der Waals surface area (Å²) in [5.74, 6) is -0.287. The molecular weight excluding hydrogens is 332 g/mol. The number of amides is 1. The van der Waals surface area contributed by atoms with Gasteiger partial charge < -0.3 is 5.32 Å². The van der Waals surface area contributed by atoms with E-state index in [4.69, 9.17) is 5.26 Å². The van der Waals surface area contributed by atoms with Crippen LogP contribution in [0.1, 0.15) is 43.4 Å². The Labute approximate surface area is 151 Å². The van der Waals surface area contributed by atoms with Crippen molar-refractivity contribution in [3.63, 3.8) is 0 Å². The van der Waals surface area contributed by atoms with Crippen LogP contribution in [-0.4, -0.2) is 15.0 Å². The Morgan fingerprint density at radius 3 is 2.58 bits per heavy atom. The number of hydrogen-bond acceptors (Lipinski definition) is 4. The highest BCUT2D eigenvalue weighted by molar-refractivity contribution is 5.92. The Bertz CT molecular complexity index is 993. The first-order valence-corrected chi connectivity index (χ1v) is 8.43. The summed E-state index contributed by atoms with van der Waals surface area (Å²) in [6.07, 6.45) is 1.22. The minimum atomic E-state index is -0.758. The number of carbonyl (C=O) groups is 1. The molecular formula is C19H22N4O3. The maximum atomic E-state index is 12.5. The molecule has 0 aliphatic rings. The molecule has 1 aromatic carbocycles. The van der Waals surface area contributed by atoms with Gasteiger partial charge in [0.1, 0.15) is 18.2 Å². The molecule has 2 rings (SSSR count). The van der Waals surface area contributed by atoms with Crippen molar-refractivity contribution in [2.75, 3.05) is 5.32 Å². The number of para-hydroxylation sites is 1. The lowest BCUT2D eigenvalue weighted by molar-refractivity contribution is -0.116.